The van der Waals surface area contributed by atoms with Crippen molar-refractivity contribution >= 4 is 15.8 Å². The van der Waals surface area contributed by atoms with Gasteiger partial charge < -0.3 is 0 Å². The van der Waals surface area contributed by atoms with E-state index in [-0.39, 0.29) is 30.1 Å². The Morgan fingerprint density at radius 1 is 1.25 bits per heavy atom. The first-order valence-electron chi connectivity index (χ1n) is 6.21. The Morgan fingerprint density at radius 2 is 1.85 bits per heavy atom. The van der Waals surface area contributed by atoms with Crippen LogP contribution in [0.1, 0.15) is 30.1 Å². The lowest BCUT2D eigenvalue weighted by atomic mass is 10.1. The monoisotopic (exact) mass is 303 g/mol. The van der Waals surface area contributed by atoms with Crippen molar-refractivity contribution in [3.63, 3.8) is 0 Å². The molecule has 7 heteroatoms. The highest BCUT2D eigenvalue weighted by Crippen LogP contribution is 2.30. The van der Waals surface area contributed by atoms with Crippen LogP contribution in [-0.4, -0.2) is 37.5 Å². The Balaban J connectivity index is 2.28. The minimum atomic E-state index is -3.93. The Morgan fingerprint density at radius 3 is 2.35 bits per heavy atom. The SMILES string of the molecule is CC(=O)c1ccc(S(=O)(=O)N2CCCC(F)(F)C2)cc1. The van der Waals surface area contributed by atoms with Gasteiger partial charge in [-0.1, -0.05) is 12.1 Å². The fourth-order valence-corrected chi connectivity index (χ4v) is 3.65. The van der Waals surface area contributed by atoms with Gasteiger partial charge in [0.1, 0.15) is 0 Å². The van der Waals surface area contributed by atoms with Crippen LogP contribution in [0.15, 0.2) is 29.2 Å². The molecule has 0 N–H and O–H groups in total. The number of benzene rings is 1. The van der Waals surface area contributed by atoms with Crippen LogP contribution in [0, 0.1) is 0 Å². The zero-order chi connectivity index (χ0) is 15.0. The molecule has 110 valence electrons. The number of rotatable bonds is 3. The number of hydrogen-bond acceptors (Lipinski definition) is 3. The number of sulfonamides is 1. The van der Waals surface area contributed by atoms with Gasteiger partial charge >= 0.3 is 0 Å². The molecule has 0 saturated carbocycles. The molecule has 2 rings (SSSR count). The molecule has 1 fully saturated rings. The second-order valence-corrected chi connectivity index (χ2v) is 6.82. The third-order valence-corrected chi connectivity index (χ3v) is 5.12. The van der Waals surface area contributed by atoms with Crippen LogP contribution in [0.3, 0.4) is 0 Å². The predicted octanol–water partition coefficient (Wildman–Crippen LogP) is 2.31. The van der Waals surface area contributed by atoms with Crippen molar-refractivity contribution < 1.29 is 22.0 Å². The summed E-state index contributed by atoms with van der Waals surface area (Å²) in [6.45, 7) is 0.671. The summed E-state index contributed by atoms with van der Waals surface area (Å²) in [5.74, 6) is -3.16. The van der Waals surface area contributed by atoms with E-state index in [0.29, 0.717) is 5.56 Å². The number of ketones is 1. The van der Waals surface area contributed by atoms with Gasteiger partial charge in [0, 0.05) is 18.5 Å². The van der Waals surface area contributed by atoms with Gasteiger partial charge in [0.05, 0.1) is 11.4 Å². The molecule has 0 unspecified atom stereocenters. The van der Waals surface area contributed by atoms with Crippen molar-refractivity contribution in [2.45, 2.75) is 30.6 Å². The Bertz CT molecular complexity index is 611. The van der Waals surface area contributed by atoms with Crippen LogP contribution in [0.4, 0.5) is 8.78 Å². The highest BCUT2D eigenvalue weighted by Gasteiger charge is 2.40. The summed E-state index contributed by atoms with van der Waals surface area (Å²) in [6, 6.07) is 5.33. The molecule has 20 heavy (non-hydrogen) atoms. The van der Waals surface area contributed by atoms with Crippen molar-refractivity contribution in [1.29, 1.82) is 0 Å². The highest BCUT2D eigenvalue weighted by atomic mass is 32.2. The van der Waals surface area contributed by atoms with Crippen LogP contribution in [-0.2, 0) is 10.0 Å². The molecule has 1 aromatic rings. The molecule has 0 aromatic heterocycles. The second kappa shape index (κ2) is 5.21. The molecule has 1 aliphatic heterocycles. The molecule has 1 aliphatic rings. The molecule has 0 bridgehead atoms. The van der Waals surface area contributed by atoms with E-state index in [4.69, 9.17) is 0 Å². The van der Waals surface area contributed by atoms with Gasteiger partial charge in [0.2, 0.25) is 10.0 Å². The highest BCUT2D eigenvalue weighted by molar-refractivity contribution is 7.89. The number of halogens is 2. The van der Waals surface area contributed by atoms with Crippen molar-refractivity contribution in [2.24, 2.45) is 0 Å². The molecular weight excluding hydrogens is 288 g/mol. The quantitative estimate of drug-likeness (QED) is 0.805. The Kier molecular flexibility index (Phi) is 3.93. The first-order valence-corrected chi connectivity index (χ1v) is 7.65. The summed E-state index contributed by atoms with van der Waals surface area (Å²) in [4.78, 5) is 11.1. The predicted molar refractivity (Wildman–Crippen MR) is 69.4 cm³/mol. The van der Waals surface area contributed by atoms with E-state index in [1.165, 1.54) is 31.2 Å². The average molecular weight is 303 g/mol. The second-order valence-electron chi connectivity index (χ2n) is 4.88. The number of piperidine rings is 1. The van der Waals surface area contributed by atoms with Gasteiger partial charge in [-0.15, -0.1) is 0 Å². The van der Waals surface area contributed by atoms with Gasteiger partial charge in [-0.05, 0) is 25.5 Å². The third-order valence-electron chi connectivity index (χ3n) is 3.26. The molecule has 0 amide bonds. The van der Waals surface area contributed by atoms with Crippen LogP contribution in [0.25, 0.3) is 0 Å². The van der Waals surface area contributed by atoms with Crippen LogP contribution >= 0.6 is 0 Å². The number of hydrogen-bond donors (Lipinski definition) is 0. The van der Waals surface area contributed by atoms with E-state index < -0.39 is 22.5 Å². The van der Waals surface area contributed by atoms with Crippen LogP contribution < -0.4 is 0 Å². The molecule has 0 aliphatic carbocycles. The van der Waals surface area contributed by atoms with Gasteiger partial charge in [0.15, 0.2) is 5.78 Å². The number of carbonyl (C=O) groups excluding carboxylic acids is 1. The molecule has 0 spiro atoms. The summed E-state index contributed by atoms with van der Waals surface area (Å²) in [7, 11) is -3.93. The van der Waals surface area contributed by atoms with Crippen molar-refractivity contribution in [2.75, 3.05) is 13.1 Å². The average Bonchev–Trinajstić information content (AvgIpc) is 2.37. The molecule has 1 heterocycles. The number of nitrogens with zero attached hydrogens (tertiary/aromatic N) is 1. The van der Waals surface area contributed by atoms with Gasteiger partial charge in [-0.25, -0.2) is 17.2 Å². The summed E-state index contributed by atoms with van der Waals surface area (Å²) >= 11 is 0. The normalized spacial score (nSPS) is 19.8. The van der Waals surface area contributed by atoms with Crippen molar-refractivity contribution in [3.05, 3.63) is 29.8 Å². The van der Waals surface area contributed by atoms with Crippen LogP contribution in [0.2, 0.25) is 0 Å². The Labute approximate surface area is 116 Å². The van der Waals surface area contributed by atoms with E-state index >= 15 is 0 Å². The third kappa shape index (κ3) is 3.04. The molecule has 0 atom stereocenters. The number of Topliss-reactive ketones (excluding diaryl/α,β-unsaturated/α-hetero) is 1. The van der Waals surface area contributed by atoms with Crippen LogP contribution in [0.5, 0.6) is 0 Å². The molecule has 1 saturated heterocycles. The Hall–Kier alpha value is -1.34. The summed E-state index contributed by atoms with van der Waals surface area (Å²) in [6.07, 6.45) is -0.153. The largest absolute Gasteiger partial charge is 0.295 e. The lowest BCUT2D eigenvalue weighted by Crippen LogP contribution is -2.45. The van der Waals surface area contributed by atoms with Gasteiger partial charge in [-0.3, -0.25) is 4.79 Å². The standard InChI is InChI=1S/C13H15F2NO3S/c1-10(17)11-3-5-12(6-4-11)20(18,19)16-8-2-7-13(14,15)9-16/h3-6H,2,7-9H2,1H3. The lowest BCUT2D eigenvalue weighted by Gasteiger charge is -2.31. The van der Waals surface area contributed by atoms with E-state index in [0.717, 1.165) is 4.31 Å². The fourth-order valence-electron chi connectivity index (χ4n) is 2.15. The fraction of sp³-hybridized carbons (Fsp3) is 0.462. The maximum absolute atomic E-state index is 13.3. The minimum Gasteiger partial charge on any atom is -0.295 e. The van der Waals surface area contributed by atoms with Gasteiger partial charge in [0.25, 0.3) is 5.92 Å². The maximum atomic E-state index is 13.3. The maximum Gasteiger partial charge on any atom is 0.261 e. The summed E-state index contributed by atoms with van der Waals surface area (Å²) in [5, 5.41) is 0. The lowest BCUT2D eigenvalue weighted by molar-refractivity contribution is -0.0434. The van der Waals surface area contributed by atoms with E-state index in [1.54, 1.807) is 0 Å². The van der Waals surface area contributed by atoms with Gasteiger partial charge in [-0.2, -0.15) is 4.31 Å². The topological polar surface area (TPSA) is 54.5 Å². The molecule has 4 nitrogen and oxygen atoms in total. The summed E-state index contributed by atoms with van der Waals surface area (Å²) in [5.41, 5.74) is 0.382. The van der Waals surface area contributed by atoms with E-state index in [2.05, 4.69) is 0 Å². The first-order chi connectivity index (χ1) is 9.22. The zero-order valence-corrected chi connectivity index (χ0v) is 11.8. The summed E-state index contributed by atoms with van der Waals surface area (Å²) < 4.78 is 52.0. The zero-order valence-electron chi connectivity index (χ0n) is 11.0. The first kappa shape index (κ1) is 15.1. The molecule has 0 radical (unpaired) electrons. The number of carbonyl (C=O) groups is 1. The van der Waals surface area contributed by atoms with E-state index in [9.17, 15) is 22.0 Å². The number of alkyl halides is 2. The molecular formula is C13H15F2NO3S. The minimum absolute atomic E-state index is 0.0693. The van der Waals surface area contributed by atoms with Crippen molar-refractivity contribution in [1.82, 2.24) is 4.31 Å². The molecule has 1 aromatic carbocycles. The van der Waals surface area contributed by atoms with Crippen molar-refractivity contribution in [3.8, 4) is 0 Å². The smallest absolute Gasteiger partial charge is 0.261 e. The van der Waals surface area contributed by atoms with E-state index in [1.807, 2.05) is 0 Å².